The number of fused-ring (bicyclic) bond motifs is 1. The maximum atomic E-state index is 13.5. The molecular formula is C21H22BrN3O3S. The largest absolute Gasteiger partial charge is 0.480 e. The molecule has 1 fully saturated rings. The van der Waals surface area contributed by atoms with Gasteiger partial charge in [-0.1, -0.05) is 28.1 Å². The topological polar surface area (TPSA) is 64.6 Å². The number of ether oxygens (including phenoxy) is 2. The zero-order valence-electron chi connectivity index (χ0n) is 16.6. The number of aromatic nitrogens is 2. The number of aryl methyl sites for hydroxylation is 1. The van der Waals surface area contributed by atoms with Crippen LogP contribution in [-0.4, -0.2) is 41.5 Å². The van der Waals surface area contributed by atoms with Crippen LogP contribution in [0.15, 0.2) is 28.7 Å². The van der Waals surface area contributed by atoms with E-state index >= 15 is 0 Å². The van der Waals surface area contributed by atoms with Gasteiger partial charge in [0, 0.05) is 18.1 Å². The van der Waals surface area contributed by atoms with Crippen LogP contribution in [0, 0.1) is 6.92 Å². The molecule has 0 saturated carbocycles. The highest BCUT2D eigenvalue weighted by Gasteiger charge is 2.33. The zero-order valence-corrected chi connectivity index (χ0v) is 19.0. The third-order valence-electron chi connectivity index (χ3n) is 5.21. The Bertz CT molecular complexity index is 1070. The second-order valence-corrected chi connectivity index (χ2v) is 8.94. The van der Waals surface area contributed by atoms with Crippen molar-refractivity contribution in [1.29, 1.82) is 0 Å². The van der Waals surface area contributed by atoms with Crippen molar-refractivity contribution < 1.29 is 14.3 Å². The van der Waals surface area contributed by atoms with Gasteiger partial charge in [-0.25, -0.2) is 4.98 Å². The van der Waals surface area contributed by atoms with Gasteiger partial charge in [-0.15, -0.1) is 11.3 Å². The first-order valence-corrected chi connectivity index (χ1v) is 11.0. The van der Waals surface area contributed by atoms with Crippen molar-refractivity contribution in [2.45, 2.75) is 32.4 Å². The second-order valence-electron chi connectivity index (χ2n) is 7.03. The number of benzene rings is 1. The van der Waals surface area contributed by atoms with E-state index in [0.717, 1.165) is 45.2 Å². The number of nitrogens with zero attached hydrogens (tertiary/aromatic N) is 3. The Labute approximate surface area is 182 Å². The molecule has 4 rings (SSSR count). The van der Waals surface area contributed by atoms with Gasteiger partial charge < -0.3 is 14.4 Å². The normalized spacial score (nSPS) is 16.6. The minimum absolute atomic E-state index is 0.0447. The van der Waals surface area contributed by atoms with Gasteiger partial charge in [0.2, 0.25) is 5.88 Å². The number of methoxy groups -OCH3 is 2. The molecule has 0 spiro atoms. The molecule has 8 heteroatoms. The molecule has 0 radical (unpaired) electrons. The van der Waals surface area contributed by atoms with Crippen LogP contribution in [0.1, 0.15) is 45.5 Å². The fourth-order valence-corrected chi connectivity index (χ4v) is 5.45. The van der Waals surface area contributed by atoms with Crippen molar-refractivity contribution in [3.63, 3.8) is 0 Å². The summed E-state index contributed by atoms with van der Waals surface area (Å²) in [5.41, 5.74) is 2.03. The average molecular weight is 476 g/mol. The summed E-state index contributed by atoms with van der Waals surface area (Å²) >= 11 is 4.94. The van der Waals surface area contributed by atoms with E-state index in [-0.39, 0.29) is 11.9 Å². The van der Waals surface area contributed by atoms with E-state index in [0.29, 0.717) is 23.2 Å². The van der Waals surface area contributed by atoms with E-state index in [1.807, 2.05) is 24.0 Å². The number of thiophene rings is 1. The Morgan fingerprint density at radius 3 is 2.90 bits per heavy atom. The highest BCUT2D eigenvalue weighted by molar-refractivity contribution is 9.10. The SMILES string of the molecule is COCc1nc(OC)c2c(C)c(C(=O)N3CCCC3c3cccc(Br)c3)sc2n1. The van der Waals surface area contributed by atoms with Crippen molar-refractivity contribution in [1.82, 2.24) is 14.9 Å². The van der Waals surface area contributed by atoms with Gasteiger partial charge in [0.25, 0.3) is 5.91 Å². The van der Waals surface area contributed by atoms with Crippen LogP contribution in [0.5, 0.6) is 5.88 Å². The first kappa shape index (κ1) is 20.3. The number of hydrogen-bond acceptors (Lipinski definition) is 6. The van der Waals surface area contributed by atoms with Gasteiger partial charge in [-0.3, -0.25) is 4.79 Å². The highest BCUT2D eigenvalue weighted by Crippen LogP contribution is 2.39. The van der Waals surface area contributed by atoms with Gasteiger partial charge >= 0.3 is 0 Å². The van der Waals surface area contributed by atoms with E-state index in [4.69, 9.17) is 9.47 Å². The second kappa shape index (κ2) is 8.38. The van der Waals surface area contributed by atoms with Crippen molar-refractivity contribution in [3.8, 4) is 5.88 Å². The molecule has 0 bridgehead atoms. The van der Waals surface area contributed by atoms with Crippen molar-refractivity contribution >= 4 is 43.4 Å². The third kappa shape index (κ3) is 3.76. The van der Waals surface area contributed by atoms with Crippen LogP contribution in [-0.2, 0) is 11.3 Å². The Kier molecular flexibility index (Phi) is 5.85. The molecule has 2 aromatic heterocycles. The Balaban J connectivity index is 1.73. The smallest absolute Gasteiger partial charge is 0.264 e. The van der Waals surface area contributed by atoms with E-state index in [1.165, 1.54) is 11.3 Å². The van der Waals surface area contributed by atoms with Crippen LogP contribution >= 0.6 is 27.3 Å². The standard InChI is InChI=1S/C21H22BrN3O3S/c1-12-17-19(28-3)23-16(11-27-2)24-20(17)29-18(12)21(26)25-9-5-8-15(25)13-6-4-7-14(22)10-13/h4,6-7,10,15H,5,8-9,11H2,1-3H3. The molecule has 152 valence electrons. The van der Waals surface area contributed by atoms with Crippen molar-refractivity contribution in [2.75, 3.05) is 20.8 Å². The molecule has 29 heavy (non-hydrogen) atoms. The number of likely N-dealkylation sites (tertiary alicyclic amines) is 1. The molecule has 0 N–H and O–H groups in total. The average Bonchev–Trinajstić information content (AvgIpc) is 3.32. The predicted molar refractivity (Wildman–Crippen MR) is 117 cm³/mol. The van der Waals surface area contributed by atoms with Gasteiger partial charge in [0.15, 0.2) is 5.82 Å². The number of halogens is 1. The van der Waals surface area contributed by atoms with Crippen LogP contribution in [0.2, 0.25) is 0 Å². The molecule has 1 aliphatic rings. The summed E-state index contributed by atoms with van der Waals surface area (Å²) in [6, 6.07) is 8.29. The van der Waals surface area contributed by atoms with Gasteiger partial charge in [0.05, 0.1) is 23.4 Å². The summed E-state index contributed by atoms with van der Waals surface area (Å²) in [6.07, 6.45) is 1.96. The monoisotopic (exact) mass is 475 g/mol. The number of hydrogen-bond donors (Lipinski definition) is 0. The first-order chi connectivity index (χ1) is 14.0. The predicted octanol–water partition coefficient (Wildman–Crippen LogP) is 4.89. The minimum atomic E-state index is 0.0447. The molecule has 3 heterocycles. The lowest BCUT2D eigenvalue weighted by Crippen LogP contribution is -2.30. The third-order valence-corrected chi connectivity index (χ3v) is 6.88. The molecule has 3 aromatic rings. The van der Waals surface area contributed by atoms with Crippen LogP contribution in [0.4, 0.5) is 0 Å². The first-order valence-electron chi connectivity index (χ1n) is 9.42. The number of carbonyl (C=O) groups is 1. The number of rotatable bonds is 5. The molecule has 1 saturated heterocycles. The minimum Gasteiger partial charge on any atom is -0.480 e. The summed E-state index contributed by atoms with van der Waals surface area (Å²) in [5, 5.41) is 0.805. The quantitative estimate of drug-likeness (QED) is 0.525. The summed E-state index contributed by atoms with van der Waals surface area (Å²) in [7, 11) is 3.19. The van der Waals surface area contributed by atoms with E-state index in [1.54, 1.807) is 14.2 Å². The van der Waals surface area contributed by atoms with Gasteiger partial charge in [-0.05, 0) is 43.0 Å². The maximum Gasteiger partial charge on any atom is 0.264 e. The molecular weight excluding hydrogens is 454 g/mol. The fraction of sp³-hybridized carbons (Fsp3) is 0.381. The van der Waals surface area contributed by atoms with E-state index < -0.39 is 0 Å². The molecule has 1 atom stereocenters. The van der Waals surface area contributed by atoms with Crippen LogP contribution < -0.4 is 4.74 Å². The molecule has 1 aliphatic heterocycles. The number of carbonyl (C=O) groups excluding carboxylic acids is 1. The summed E-state index contributed by atoms with van der Waals surface area (Å²) in [4.78, 5) is 26.0. The summed E-state index contributed by atoms with van der Waals surface area (Å²) < 4.78 is 11.7. The highest BCUT2D eigenvalue weighted by atomic mass is 79.9. The van der Waals surface area contributed by atoms with Crippen LogP contribution in [0.3, 0.4) is 0 Å². The maximum absolute atomic E-state index is 13.5. The Morgan fingerprint density at radius 2 is 2.17 bits per heavy atom. The van der Waals surface area contributed by atoms with Crippen LogP contribution in [0.25, 0.3) is 10.2 Å². The fourth-order valence-electron chi connectivity index (χ4n) is 3.89. The molecule has 0 aliphatic carbocycles. The summed E-state index contributed by atoms with van der Waals surface area (Å²) in [6.45, 7) is 2.99. The Hall–Kier alpha value is -2.03. The summed E-state index contributed by atoms with van der Waals surface area (Å²) in [5.74, 6) is 1.08. The van der Waals surface area contributed by atoms with E-state index in [9.17, 15) is 4.79 Å². The lowest BCUT2D eigenvalue weighted by molar-refractivity contribution is 0.0740. The van der Waals surface area contributed by atoms with Gasteiger partial charge in [-0.2, -0.15) is 4.98 Å². The van der Waals surface area contributed by atoms with Crippen molar-refractivity contribution in [3.05, 3.63) is 50.6 Å². The molecule has 1 amide bonds. The van der Waals surface area contributed by atoms with Gasteiger partial charge in [0.1, 0.15) is 11.4 Å². The molecule has 1 aromatic carbocycles. The Morgan fingerprint density at radius 1 is 1.34 bits per heavy atom. The lowest BCUT2D eigenvalue weighted by atomic mass is 10.0. The zero-order chi connectivity index (χ0) is 20.5. The molecule has 6 nitrogen and oxygen atoms in total. The van der Waals surface area contributed by atoms with E-state index in [2.05, 4.69) is 38.0 Å². The van der Waals surface area contributed by atoms with Crippen molar-refractivity contribution in [2.24, 2.45) is 0 Å². The lowest BCUT2D eigenvalue weighted by Gasteiger charge is -2.25. The number of amides is 1. The molecule has 1 unspecified atom stereocenters.